The molecule has 9 nitrogen and oxygen atoms in total. The maximum atomic E-state index is 12.5. The van der Waals surface area contributed by atoms with E-state index in [1.807, 2.05) is 29.2 Å². The van der Waals surface area contributed by atoms with Gasteiger partial charge in [0.15, 0.2) is 17.5 Å². The molecule has 3 aromatic rings. The van der Waals surface area contributed by atoms with Crippen molar-refractivity contribution in [3.05, 3.63) is 54.1 Å². The van der Waals surface area contributed by atoms with Crippen LogP contribution in [0, 0.1) is 11.3 Å². The summed E-state index contributed by atoms with van der Waals surface area (Å²) in [4.78, 5) is 37.9. The number of amides is 1. The second-order valence-electron chi connectivity index (χ2n) is 6.99. The van der Waals surface area contributed by atoms with Crippen molar-refractivity contribution >= 4 is 28.7 Å². The van der Waals surface area contributed by atoms with Crippen LogP contribution in [0.1, 0.15) is 29.1 Å². The molecule has 4 rings (SSSR count). The number of furan rings is 1. The van der Waals surface area contributed by atoms with E-state index in [2.05, 4.69) is 4.98 Å². The van der Waals surface area contributed by atoms with Crippen molar-refractivity contribution in [2.45, 2.75) is 12.8 Å². The summed E-state index contributed by atoms with van der Waals surface area (Å²) in [6.45, 7) is 3.71. The Balaban J connectivity index is 1.64. The largest absolute Gasteiger partial charge is 0.465 e. The monoisotopic (exact) mass is 419 g/mol. The Bertz CT molecular complexity index is 1130. The minimum absolute atomic E-state index is 0.168. The third-order valence-electron chi connectivity index (χ3n) is 5.10. The van der Waals surface area contributed by atoms with E-state index in [-0.39, 0.29) is 18.2 Å². The molecule has 158 valence electrons. The fourth-order valence-electron chi connectivity index (χ4n) is 3.56. The summed E-state index contributed by atoms with van der Waals surface area (Å²) in [7, 11) is 0. The second kappa shape index (κ2) is 8.83. The van der Waals surface area contributed by atoms with Crippen LogP contribution in [0.3, 0.4) is 0 Å². The molecule has 1 atom stereocenters. The number of fused-ring (bicyclic) bond motifs is 1. The molecule has 2 aromatic heterocycles. The first-order valence-corrected chi connectivity index (χ1v) is 10.0. The highest BCUT2D eigenvalue weighted by atomic mass is 16.5. The van der Waals surface area contributed by atoms with Crippen molar-refractivity contribution < 1.29 is 18.7 Å². The molecular formula is C22H21N5O4. The molecule has 3 heterocycles. The number of hydrogen-bond acceptors (Lipinski definition) is 8. The van der Waals surface area contributed by atoms with Gasteiger partial charge in [-0.05, 0) is 31.2 Å². The zero-order chi connectivity index (χ0) is 21.8. The summed E-state index contributed by atoms with van der Waals surface area (Å²) in [6, 6.07) is 12.6. The summed E-state index contributed by atoms with van der Waals surface area (Å²) in [5, 5.41) is 9.69. The van der Waals surface area contributed by atoms with Gasteiger partial charge < -0.3 is 19.0 Å². The molecule has 9 heteroatoms. The van der Waals surface area contributed by atoms with Crippen molar-refractivity contribution in [2.24, 2.45) is 0 Å². The number of esters is 1. The number of ether oxygens (including phenoxy) is 1. The highest BCUT2D eigenvalue weighted by Crippen LogP contribution is 2.29. The van der Waals surface area contributed by atoms with E-state index in [1.165, 1.54) is 6.26 Å². The number of anilines is 1. The first-order chi connectivity index (χ1) is 15.1. The number of aromatic nitrogens is 2. The van der Waals surface area contributed by atoms with Gasteiger partial charge in [-0.3, -0.25) is 9.59 Å². The van der Waals surface area contributed by atoms with E-state index in [0.717, 1.165) is 0 Å². The molecule has 0 bridgehead atoms. The molecule has 1 fully saturated rings. The Kier molecular flexibility index (Phi) is 5.80. The average Bonchev–Trinajstić information content (AvgIpc) is 3.34. The lowest BCUT2D eigenvalue weighted by Gasteiger charge is -2.35. The average molecular weight is 419 g/mol. The van der Waals surface area contributed by atoms with E-state index in [4.69, 9.17) is 14.1 Å². The maximum Gasteiger partial charge on any atom is 0.329 e. The van der Waals surface area contributed by atoms with E-state index in [0.29, 0.717) is 48.8 Å². The first-order valence-electron chi connectivity index (χ1n) is 10.0. The van der Waals surface area contributed by atoms with Gasteiger partial charge in [0.25, 0.3) is 5.91 Å². The Labute approximate surface area is 178 Å². The number of nitriles is 1. The molecule has 0 saturated carbocycles. The van der Waals surface area contributed by atoms with Crippen LogP contribution in [0.4, 0.5) is 5.82 Å². The Morgan fingerprint density at radius 3 is 2.45 bits per heavy atom. The Morgan fingerprint density at radius 1 is 1.13 bits per heavy atom. The maximum absolute atomic E-state index is 12.5. The molecule has 1 unspecified atom stereocenters. The fraction of sp³-hybridized carbons (Fsp3) is 0.318. The smallest absolute Gasteiger partial charge is 0.329 e. The molecule has 1 aliphatic rings. The van der Waals surface area contributed by atoms with Crippen molar-refractivity contribution in [3.8, 4) is 6.07 Å². The number of benzene rings is 1. The highest BCUT2D eigenvalue weighted by molar-refractivity contribution is 5.91. The number of piperazine rings is 1. The minimum atomic E-state index is -1.19. The molecule has 1 amide bonds. The van der Waals surface area contributed by atoms with Crippen molar-refractivity contribution in [1.82, 2.24) is 14.9 Å². The molecule has 0 spiro atoms. The molecular weight excluding hydrogens is 398 g/mol. The fourth-order valence-corrected chi connectivity index (χ4v) is 3.56. The first kappa shape index (κ1) is 20.3. The zero-order valence-corrected chi connectivity index (χ0v) is 17.0. The van der Waals surface area contributed by atoms with Gasteiger partial charge in [0.05, 0.1) is 30.0 Å². The molecule has 1 aliphatic heterocycles. The lowest BCUT2D eigenvalue weighted by Crippen LogP contribution is -2.49. The van der Waals surface area contributed by atoms with Crippen LogP contribution >= 0.6 is 0 Å². The third kappa shape index (κ3) is 4.05. The van der Waals surface area contributed by atoms with E-state index < -0.39 is 11.9 Å². The quantitative estimate of drug-likeness (QED) is 0.579. The zero-order valence-electron chi connectivity index (χ0n) is 17.0. The summed E-state index contributed by atoms with van der Waals surface area (Å²) in [6.07, 6.45) is 1.47. The van der Waals surface area contributed by atoms with Crippen LogP contribution in [-0.4, -0.2) is 59.5 Å². The summed E-state index contributed by atoms with van der Waals surface area (Å²) in [5.41, 5.74) is 1.53. The van der Waals surface area contributed by atoms with Crippen molar-refractivity contribution in [1.29, 1.82) is 5.26 Å². The Hall–Kier alpha value is -3.93. The van der Waals surface area contributed by atoms with Crippen molar-refractivity contribution in [2.75, 3.05) is 37.7 Å². The molecule has 1 aromatic carbocycles. The molecule has 0 radical (unpaired) electrons. The predicted molar refractivity (Wildman–Crippen MR) is 111 cm³/mol. The van der Waals surface area contributed by atoms with Crippen LogP contribution in [0.5, 0.6) is 0 Å². The molecule has 1 saturated heterocycles. The molecule has 31 heavy (non-hydrogen) atoms. The van der Waals surface area contributed by atoms with Crippen LogP contribution in [-0.2, 0) is 9.53 Å². The van der Waals surface area contributed by atoms with E-state index in [1.54, 1.807) is 30.0 Å². The highest BCUT2D eigenvalue weighted by Gasteiger charge is 2.32. The van der Waals surface area contributed by atoms with Gasteiger partial charge in [-0.2, -0.15) is 5.26 Å². The number of carbonyl (C=O) groups is 2. The van der Waals surface area contributed by atoms with E-state index >= 15 is 0 Å². The van der Waals surface area contributed by atoms with Gasteiger partial charge in [-0.15, -0.1) is 0 Å². The minimum Gasteiger partial charge on any atom is -0.465 e. The van der Waals surface area contributed by atoms with Crippen LogP contribution in [0.15, 0.2) is 47.1 Å². The van der Waals surface area contributed by atoms with Gasteiger partial charge in [-0.25, -0.2) is 9.97 Å². The van der Waals surface area contributed by atoms with Gasteiger partial charge in [-0.1, -0.05) is 12.1 Å². The summed E-state index contributed by atoms with van der Waals surface area (Å²) < 4.78 is 10.3. The normalized spacial score (nSPS) is 14.8. The van der Waals surface area contributed by atoms with Crippen molar-refractivity contribution in [3.63, 3.8) is 0 Å². The van der Waals surface area contributed by atoms with E-state index in [9.17, 15) is 14.9 Å². The Morgan fingerprint density at radius 2 is 1.84 bits per heavy atom. The number of hydrogen-bond donors (Lipinski definition) is 0. The SMILES string of the molecule is CCOC(=O)C(C#N)c1nc2ccccc2nc1N1CCN(C(=O)c2ccco2)CC1. The number of carbonyl (C=O) groups excluding carboxylic acids is 2. The number of nitrogens with zero attached hydrogens (tertiary/aromatic N) is 5. The number of para-hydroxylation sites is 2. The summed E-state index contributed by atoms with van der Waals surface area (Å²) in [5.74, 6) is -1.25. The predicted octanol–water partition coefficient (Wildman–Crippen LogP) is 2.36. The summed E-state index contributed by atoms with van der Waals surface area (Å²) >= 11 is 0. The van der Waals surface area contributed by atoms with Gasteiger partial charge in [0, 0.05) is 26.2 Å². The molecule has 0 N–H and O–H groups in total. The van der Waals surface area contributed by atoms with Gasteiger partial charge >= 0.3 is 5.97 Å². The van der Waals surface area contributed by atoms with Crippen LogP contribution < -0.4 is 4.90 Å². The number of rotatable bonds is 5. The lowest BCUT2D eigenvalue weighted by molar-refractivity contribution is -0.143. The van der Waals surface area contributed by atoms with Gasteiger partial charge in [0.1, 0.15) is 5.69 Å². The standard InChI is InChI=1S/C22H21N5O4/c1-2-30-22(29)15(14-23)19-20(25-17-7-4-3-6-16(17)24-19)26-9-11-27(12-10-26)21(28)18-8-5-13-31-18/h3-8,13,15H,2,9-12H2,1H3. The molecule has 0 aliphatic carbocycles. The second-order valence-corrected chi connectivity index (χ2v) is 6.99. The van der Waals surface area contributed by atoms with Gasteiger partial charge in [0.2, 0.25) is 0 Å². The van der Waals surface area contributed by atoms with Crippen LogP contribution in [0.2, 0.25) is 0 Å². The van der Waals surface area contributed by atoms with Crippen LogP contribution in [0.25, 0.3) is 11.0 Å². The lowest BCUT2D eigenvalue weighted by atomic mass is 10.1. The topological polar surface area (TPSA) is 113 Å². The third-order valence-corrected chi connectivity index (χ3v) is 5.10.